The zero-order valence-electron chi connectivity index (χ0n) is 15.3. The number of thiophene rings is 1. The molecule has 2 aromatic rings. The standard InChI is InChI=1S/C20H24N2O3S/c1-13-6-8-15(9-7-13)22-18(23)11-16(19(22)17-5-4-10-26-17)20(24)21-14(2)12-25-3/h4-10,14,16,19H,11-12H2,1-3H3,(H,21,24)/t14-,16+,19+/m1/s1. The first-order valence-electron chi connectivity index (χ1n) is 8.72. The van der Waals surface area contributed by atoms with Crippen molar-refractivity contribution in [3.63, 3.8) is 0 Å². The quantitative estimate of drug-likeness (QED) is 0.846. The molecule has 1 aliphatic rings. The maximum Gasteiger partial charge on any atom is 0.228 e. The molecule has 26 heavy (non-hydrogen) atoms. The zero-order valence-corrected chi connectivity index (χ0v) is 16.1. The maximum absolute atomic E-state index is 12.9. The molecule has 0 spiro atoms. The molecule has 1 aromatic heterocycles. The fraction of sp³-hybridized carbons (Fsp3) is 0.400. The number of amides is 2. The number of anilines is 1. The van der Waals surface area contributed by atoms with Gasteiger partial charge in [-0.1, -0.05) is 23.8 Å². The molecule has 3 rings (SSSR count). The van der Waals surface area contributed by atoms with Gasteiger partial charge in [0.05, 0.1) is 18.6 Å². The number of ether oxygens (including phenoxy) is 1. The number of nitrogens with zero attached hydrogens (tertiary/aromatic N) is 1. The van der Waals surface area contributed by atoms with Gasteiger partial charge < -0.3 is 15.0 Å². The predicted molar refractivity (Wildman–Crippen MR) is 103 cm³/mol. The Hall–Kier alpha value is -2.18. The van der Waals surface area contributed by atoms with Crippen molar-refractivity contribution in [3.8, 4) is 0 Å². The first-order chi connectivity index (χ1) is 12.5. The van der Waals surface area contributed by atoms with Crippen LogP contribution < -0.4 is 10.2 Å². The van der Waals surface area contributed by atoms with Crippen LogP contribution in [0.4, 0.5) is 5.69 Å². The molecule has 5 nitrogen and oxygen atoms in total. The average molecular weight is 372 g/mol. The number of nitrogens with one attached hydrogen (secondary N) is 1. The molecule has 0 unspecified atom stereocenters. The van der Waals surface area contributed by atoms with Crippen molar-refractivity contribution in [1.82, 2.24) is 5.32 Å². The summed E-state index contributed by atoms with van der Waals surface area (Å²) < 4.78 is 5.10. The Morgan fingerprint density at radius 2 is 2.08 bits per heavy atom. The smallest absolute Gasteiger partial charge is 0.228 e. The molecule has 138 valence electrons. The molecule has 0 radical (unpaired) electrons. The van der Waals surface area contributed by atoms with Crippen LogP contribution in [-0.4, -0.2) is 31.6 Å². The zero-order chi connectivity index (χ0) is 18.7. The van der Waals surface area contributed by atoms with Gasteiger partial charge in [-0.3, -0.25) is 9.59 Å². The highest BCUT2D eigenvalue weighted by Gasteiger charge is 2.45. The van der Waals surface area contributed by atoms with E-state index in [9.17, 15) is 9.59 Å². The third-order valence-corrected chi connectivity index (χ3v) is 5.55. The normalized spacial score (nSPS) is 21.0. The summed E-state index contributed by atoms with van der Waals surface area (Å²) in [5, 5.41) is 4.96. The Labute approximate surface area is 158 Å². The van der Waals surface area contributed by atoms with Gasteiger partial charge in [0.2, 0.25) is 11.8 Å². The first-order valence-corrected chi connectivity index (χ1v) is 9.60. The Balaban J connectivity index is 1.91. The number of carbonyl (C=O) groups excluding carboxylic acids is 2. The van der Waals surface area contributed by atoms with Crippen LogP contribution in [0.25, 0.3) is 0 Å². The van der Waals surface area contributed by atoms with E-state index in [1.165, 1.54) is 0 Å². The van der Waals surface area contributed by atoms with E-state index in [4.69, 9.17) is 4.74 Å². The van der Waals surface area contributed by atoms with E-state index in [1.807, 2.05) is 55.6 Å². The number of hydrogen-bond donors (Lipinski definition) is 1. The maximum atomic E-state index is 12.9. The molecule has 1 aromatic carbocycles. The van der Waals surface area contributed by atoms with Crippen LogP contribution in [0, 0.1) is 12.8 Å². The number of aryl methyl sites for hydroxylation is 1. The monoisotopic (exact) mass is 372 g/mol. The summed E-state index contributed by atoms with van der Waals surface area (Å²) in [6, 6.07) is 11.4. The topological polar surface area (TPSA) is 58.6 Å². The van der Waals surface area contributed by atoms with Gasteiger partial charge in [-0.2, -0.15) is 0 Å². The van der Waals surface area contributed by atoms with E-state index in [0.29, 0.717) is 6.61 Å². The summed E-state index contributed by atoms with van der Waals surface area (Å²) >= 11 is 1.58. The van der Waals surface area contributed by atoms with E-state index in [0.717, 1.165) is 16.1 Å². The van der Waals surface area contributed by atoms with Crippen LogP contribution in [0.1, 0.15) is 29.8 Å². The minimum absolute atomic E-state index is 0.0215. The molecule has 6 heteroatoms. The molecule has 1 saturated heterocycles. The third kappa shape index (κ3) is 3.81. The van der Waals surface area contributed by atoms with Crippen molar-refractivity contribution >= 4 is 28.8 Å². The summed E-state index contributed by atoms with van der Waals surface area (Å²) in [6.07, 6.45) is 0.210. The largest absolute Gasteiger partial charge is 0.383 e. The minimum atomic E-state index is -0.415. The fourth-order valence-electron chi connectivity index (χ4n) is 3.41. The molecule has 0 saturated carbocycles. The van der Waals surface area contributed by atoms with Crippen molar-refractivity contribution in [1.29, 1.82) is 0 Å². The van der Waals surface area contributed by atoms with Crippen LogP contribution in [0.5, 0.6) is 0 Å². The summed E-state index contributed by atoms with van der Waals surface area (Å²) in [5.41, 5.74) is 1.97. The predicted octanol–water partition coefficient (Wildman–Crippen LogP) is 3.30. The van der Waals surface area contributed by atoms with Crippen LogP contribution in [-0.2, 0) is 14.3 Å². The van der Waals surface area contributed by atoms with E-state index in [-0.39, 0.29) is 30.3 Å². The number of carbonyl (C=O) groups is 2. The molecule has 0 aliphatic carbocycles. The lowest BCUT2D eigenvalue weighted by Crippen LogP contribution is -2.41. The van der Waals surface area contributed by atoms with Crippen molar-refractivity contribution in [2.75, 3.05) is 18.6 Å². The SMILES string of the molecule is COC[C@@H](C)NC(=O)[C@H]1CC(=O)N(c2ccc(C)cc2)[C@@H]1c1cccs1. The lowest BCUT2D eigenvalue weighted by Gasteiger charge is -2.28. The molecule has 2 heterocycles. The number of benzene rings is 1. The van der Waals surface area contributed by atoms with Gasteiger partial charge in [0.15, 0.2) is 0 Å². The van der Waals surface area contributed by atoms with Crippen molar-refractivity contribution in [3.05, 3.63) is 52.2 Å². The summed E-state index contributed by atoms with van der Waals surface area (Å²) in [7, 11) is 1.61. The second-order valence-corrected chi connectivity index (χ2v) is 7.71. The summed E-state index contributed by atoms with van der Waals surface area (Å²) in [4.78, 5) is 28.5. The van der Waals surface area contributed by atoms with Crippen molar-refractivity contribution in [2.24, 2.45) is 5.92 Å². The van der Waals surface area contributed by atoms with Gasteiger partial charge in [0.1, 0.15) is 0 Å². The number of hydrogen-bond acceptors (Lipinski definition) is 4. The Kier molecular flexibility index (Phi) is 5.74. The minimum Gasteiger partial charge on any atom is -0.383 e. The molecule has 1 N–H and O–H groups in total. The van der Waals surface area contributed by atoms with E-state index in [2.05, 4.69) is 5.32 Å². The van der Waals surface area contributed by atoms with Gasteiger partial charge in [-0.05, 0) is 37.4 Å². The van der Waals surface area contributed by atoms with Crippen molar-refractivity contribution in [2.45, 2.75) is 32.4 Å². The number of methoxy groups -OCH3 is 1. The van der Waals surface area contributed by atoms with Gasteiger partial charge >= 0.3 is 0 Å². The van der Waals surface area contributed by atoms with Crippen molar-refractivity contribution < 1.29 is 14.3 Å². The van der Waals surface area contributed by atoms with Crippen LogP contribution >= 0.6 is 11.3 Å². The van der Waals surface area contributed by atoms with Crippen LogP contribution in [0.15, 0.2) is 41.8 Å². The lowest BCUT2D eigenvalue weighted by atomic mass is 9.97. The summed E-state index contributed by atoms with van der Waals surface area (Å²) in [5.74, 6) is -0.538. The van der Waals surface area contributed by atoms with E-state index >= 15 is 0 Å². The Morgan fingerprint density at radius 3 is 2.69 bits per heavy atom. The molecule has 1 aliphatic heterocycles. The van der Waals surface area contributed by atoms with Crippen LogP contribution in [0.2, 0.25) is 0 Å². The lowest BCUT2D eigenvalue weighted by molar-refractivity contribution is -0.127. The van der Waals surface area contributed by atoms with Gasteiger partial charge in [-0.15, -0.1) is 11.3 Å². The summed E-state index contributed by atoms with van der Waals surface area (Å²) in [6.45, 7) is 4.35. The Bertz CT molecular complexity index is 758. The second-order valence-electron chi connectivity index (χ2n) is 6.74. The van der Waals surface area contributed by atoms with Gasteiger partial charge in [0, 0.05) is 30.1 Å². The van der Waals surface area contributed by atoms with Gasteiger partial charge in [0.25, 0.3) is 0 Å². The highest BCUT2D eigenvalue weighted by Crippen LogP contribution is 2.43. The van der Waals surface area contributed by atoms with Gasteiger partial charge in [-0.25, -0.2) is 0 Å². The average Bonchev–Trinajstić information content (AvgIpc) is 3.23. The van der Waals surface area contributed by atoms with E-state index in [1.54, 1.807) is 23.3 Å². The third-order valence-electron chi connectivity index (χ3n) is 4.61. The fourth-order valence-corrected chi connectivity index (χ4v) is 4.29. The van der Waals surface area contributed by atoms with E-state index < -0.39 is 5.92 Å². The Morgan fingerprint density at radius 1 is 1.35 bits per heavy atom. The molecule has 2 amide bonds. The van der Waals surface area contributed by atoms with Crippen LogP contribution in [0.3, 0.4) is 0 Å². The molecular formula is C20H24N2O3S. The molecule has 3 atom stereocenters. The number of rotatable bonds is 6. The second kappa shape index (κ2) is 8.01. The molecular weight excluding hydrogens is 348 g/mol. The molecule has 1 fully saturated rings. The molecule has 0 bridgehead atoms. The highest BCUT2D eigenvalue weighted by atomic mass is 32.1. The highest BCUT2D eigenvalue weighted by molar-refractivity contribution is 7.10. The first kappa shape index (κ1) is 18.6.